The molecule has 0 aliphatic carbocycles. The molecule has 0 N–H and O–H groups in total. The Hall–Kier alpha value is -0.770. The van der Waals surface area contributed by atoms with Crippen LogP contribution in [0.4, 0.5) is 0 Å². The van der Waals surface area contributed by atoms with Crippen molar-refractivity contribution in [1.29, 1.82) is 0 Å². The molecular formula is C10H8Cl2O3. The van der Waals surface area contributed by atoms with Gasteiger partial charge in [0.05, 0.1) is 17.2 Å². The smallest absolute Gasteiger partial charge is 0.339 e. The van der Waals surface area contributed by atoms with Crippen molar-refractivity contribution >= 4 is 29.2 Å². The van der Waals surface area contributed by atoms with Crippen LogP contribution in [0.25, 0.3) is 0 Å². The van der Waals surface area contributed by atoms with E-state index in [1.165, 1.54) is 6.07 Å². The van der Waals surface area contributed by atoms with Crippen molar-refractivity contribution in [2.75, 3.05) is 13.2 Å². The Balaban J connectivity index is 2.03. The second kappa shape index (κ2) is 4.39. The van der Waals surface area contributed by atoms with Gasteiger partial charge in [0, 0.05) is 5.02 Å². The zero-order valence-corrected chi connectivity index (χ0v) is 9.22. The fourth-order valence-electron chi connectivity index (χ4n) is 1.07. The monoisotopic (exact) mass is 246 g/mol. The van der Waals surface area contributed by atoms with Gasteiger partial charge < -0.3 is 9.47 Å². The number of hydrogen-bond donors (Lipinski definition) is 0. The molecule has 0 radical (unpaired) electrons. The minimum Gasteiger partial charge on any atom is -0.459 e. The molecule has 3 nitrogen and oxygen atoms in total. The van der Waals surface area contributed by atoms with E-state index in [2.05, 4.69) is 0 Å². The lowest BCUT2D eigenvalue weighted by atomic mass is 10.2. The molecule has 1 fully saturated rings. The fourth-order valence-corrected chi connectivity index (χ4v) is 1.55. The molecule has 15 heavy (non-hydrogen) atoms. The van der Waals surface area contributed by atoms with Crippen LogP contribution in [-0.2, 0) is 9.47 Å². The third kappa shape index (κ3) is 2.84. The van der Waals surface area contributed by atoms with Crippen LogP contribution in [0.3, 0.4) is 0 Å². The standard InChI is InChI=1S/C10H8Cl2O3/c11-6-1-2-8(9(12)3-6)10(13)15-5-7-4-14-7/h1-3,7H,4-5H2. The normalized spacial score (nSPS) is 18.7. The first kappa shape index (κ1) is 10.7. The van der Waals surface area contributed by atoms with Crippen LogP contribution >= 0.6 is 23.2 Å². The third-order valence-electron chi connectivity index (χ3n) is 1.95. The largest absolute Gasteiger partial charge is 0.459 e. The Kier molecular flexibility index (Phi) is 3.14. The molecular weight excluding hydrogens is 239 g/mol. The van der Waals surface area contributed by atoms with E-state index in [-0.39, 0.29) is 12.7 Å². The van der Waals surface area contributed by atoms with Crippen LogP contribution in [0, 0.1) is 0 Å². The lowest BCUT2D eigenvalue weighted by molar-refractivity contribution is 0.0477. The predicted octanol–water partition coefficient (Wildman–Crippen LogP) is 2.55. The van der Waals surface area contributed by atoms with Gasteiger partial charge in [-0.1, -0.05) is 23.2 Å². The topological polar surface area (TPSA) is 38.8 Å². The van der Waals surface area contributed by atoms with Gasteiger partial charge in [0.15, 0.2) is 0 Å². The number of esters is 1. The third-order valence-corrected chi connectivity index (χ3v) is 2.50. The van der Waals surface area contributed by atoms with E-state index in [0.29, 0.717) is 22.2 Å². The first-order valence-corrected chi connectivity index (χ1v) is 5.16. The maximum Gasteiger partial charge on any atom is 0.339 e. The van der Waals surface area contributed by atoms with Crippen molar-refractivity contribution in [2.24, 2.45) is 0 Å². The first-order valence-electron chi connectivity index (χ1n) is 4.40. The van der Waals surface area contributed by atoms with Gasteiger partial charge in [-0.25, -0.2) is 4.79 Å². The number of halogens is 2. The number of epoxide rings is 1. The number of carbonyl (C=O) groups excluding carboxylic acids is 1. The van der Waals surface area contributed by atoms with Gasteiger partial charge in [-0.15, -0.1) is 0 Å². The van der Waals surface area contributed by atoms with Gasteiger partial charge in [-0.05, 0) is 18.2 Å². The molecule has 1 aliphatic heterocycles. The Labute approximate surface area is 96.9 Å². The molecule has 1 aliphatic rings. The number of hydrogen-bond acceptors (Lipinski definition) is 3. The molecule has 2 rings (SSSR count). The number of rotatable bonds is 3. The van der Waals surface area contributed by atoms with E-state index in [1.54, 1.807) is 12.1 Å². The molecule has 0 aromatic heterocycles. The maximum absolute atomic E-state index is 11.5. The van der Waals surface area contributed by atoms with E-state index in [1.807, 2.05) is 0 Å². The Morgan fingerprint density at radius 2 is 2.27 bits per heavy atom. The van der Waals surface area contributed by atoms with Crippen molar-refractivity contribution in [1.82, 2.24) is 0 Å². The van der Waals surface area contributed by atoms with Gasteiger partial charge in [0.2, 0.25) is 0 Å². The van der Waals surface area contributed by atoms with Gasteiger partial charge in [0.1, 0.15) is 12.7 Å². The molecule has 1 heterocycles. The molecule has 0 bridgehead atoms. The molecule has 0 spiro atoms. The Morgan fingerprint density at radius 1 is 1.53 bits per heavy atom. The molecule has 0 saturated carbocycles. The van der Waals surface area contributed by atoms with Crippen molar-refractivity contribution in [3.63, 3.8) is 0 Å². The SMILES string of the molecule is O=C(OCC1CO1)c1ccc(Cl)cc1Cl. The summed E-state index contributed by atoms with van der Waals surface area (Å²) in [6.07, 6.45) is 0.0556. The summed E-state index contributed by atoms with van der Waals surface area (Å²) in [5.74, 6) is -0.452. The summed E-state index contributed by atoms with van der Waals surface area (Å²) in [5, 5.41) is 0.784. The number of benzene rings is 1. The van der Waals surface area contributed by atoms with Gasteiger partial charge in [0.25, 0.3) is 0 Å². The van der Waals surface area contributed by atoms with E-state index in [4.69, 9.17) is 32.7 Å². The summed E-state index contributed by atoms with van der Waals surface area (Å²) < 4.78 is 9.89. The van der Waals surface area contributed by atoms with E-state index in [0.717, 1.165) is 0 Å². The molecule has 5 heteroatoms. The summed E-state index contributed by atoms with van der Waals surface area (Å²) in [6, 6.07) is 4.64. The minimum atomic E-state index is -0.452. The van der Waals surface area contributed by atoms with E-state index in [9.17, 15) is 4.79 Å². The fraction of sp³-hybridized carbons (Fsp3) is 0.300. The highest BCUT2D eigenvalue weighted by molar-refractivity contribution is 6.36. The van der Waals surface area contributed by atoms with E-state index >= 15 is 0 Å². The van der Waals surface area contributed by atoms with E-state index < -0.39 is 5.97 Å². The summed E-state index contributed by atoms with van der Waals surface area (Å²) in [4.78, 5) is 11.5. The first-order chi connectivity index (χ1) is 7.16. The van der Waals surface area contributed by atoms with Crippen molar-refractivity contribution < 1.29 is 14.3 Å². The van der Waals surface area contributed by atoms with Crippen molar-refractivity contribution in [2.45, 2.75) is 6.10 Å². The molecule has 1 saturated heterocycles. The van der Waals surface area contributed by atoms with Crippen LogP contribution in [0.2, 0.25) is 10.0 Å². The van der Waals surface area contributed by atoms with Crippen LogP contribution in [0.1, 0.15) is 10.4 Å². The molecule has 1 atom stereocenters. The average Bonchev–Trinajstić information content (AvgIpc) is 2.97. The van der Waals surface area contributed by atoms with Crippen LogP contribution in [0.5, 0.6) is 0 Å². The molecule has 1 aromatic rings. The van der Waals surface area contributed by atoms with Gasteiger partial charge in [-0.3, -0.25) is 0 Å². The van der Waals surface area contributed by atoms with Crippen LogP contribution in [0.15, 0.2) is 18.2 Å². The lowest BCUT2D eigenvalue weighted by Crippen LogP contribution is -2.10. The Bertz CT molecular complexity index is 388. The highest BCUT2D eigenvalue weighted by atomic mass is 35.5. The second-order valence-electron chi connectivity index (χ2n) is 3.18. The second-order valence-corrected chi connectivity index (χ2v) is 4.02. The van der Waals surface area contributed by atoms with Crippen LogP contribution < -0.4 is 0 Å². The summed E-state index contributed by atoms with van der Waals surface area (Å²) in [6.45, 7) is 0.930. The molecule has 1 unspecified atom stereocenters. The molecule has 80 valence electrons. The summed E-state index contributed by atoms with van der Waals surface area (Å²) in [5.41, 5.74) is 0.321. The number of carbonyl (C=O) groups is 1. The zero-order valence-electron chi connectivity index (χ0n) is 7.70. The summed E-state index contributed by atoms with van der Waals surface area (Å²) >= 11 is 11.5. The highest BCUT2D eigenvalue weighted by Crippen LogP contribution is 2.22. The number of ether oxygens (including phenoxy) is 2. The van der Waals surface area contributed by atoms with Gasteiger partial charge in [-0.2, -0.15) is 0 Å². The highest BCUT2D eigenvalue weighted by Gasteiger charge is 2.25. The summed E-state index contributed by atoms with van der Waals surface area (Å²) in [7, 11) is 0. The minimum absolute atomic E-state index is 0.0556. The lowest BCUT2D eigenvalue weighted by Gasteiger charge is -2.04. The van der Waals surface area contributed by atoms with Crippen molar-refractivity contribution in [3.05, 3.63) is 33.8 Å². The molecule has 0 amide bonds. The van der Waals surface area contributed by atoms with Gasteiger partial charge >= 0.3 is 5.97 Å². The Morgan fingerprint density at radius 3 is 2.87 bits per heavy atom. The zero-order chi connectivity index (χ0) is 10.8. The molecule has 1 aromatic carbocycles. The predicted molar refractivity (Wildman–Crippen MR) is 56.5 cm³/mol. The van der Waals surface area contributed by atoms with Crippen LogP contribution in [-0.4, -0.2) is 25.3 Å². The average molecular weight is 247 g/mol. The van der Waals surface area contributed by atoms with Crippen molar-refractivity contribution in [3.8, 4) is 0 Å². The maximum atomic E-state index is 11.5. The quantitative estimate of drug-likeness (QED) is 0.608.